The van der Waals surface area contributed by atoms with Crippen LogP contribution < -0.4 is 0 Å². The first kappa shape index (κ1) is 26.4. The minimum Gasteiger partial charge on any atom is -0.0616 e. The third-order valence-electron chi connectivity index (χ3n) is 9.43. The average Bonchev–Trinajstić information content (AvgIpc) is 3.13. The Hall–Kier alpha value is -5.98. The van der Waals surface area contributed by atoms with Gasteiger partial charge in [-0.3, -0.25) is 0 Å². The fraction of sp³-hybridized carbons (Fsp3) is 0. The fourth-order valence-electron chi connectivity index (χ4n) is 7.10. The summed E-state index contributed by atoms with van der Waals surface area (Å²) in [5.41, 5.74) is 9.99. The number of hydrogen-bond donors (Lipinski definition) is 0. The first-order chi connectivity index (χ1) is 22.8. The molecule has 0 aliphatic carbocycles. The molecular formula is C46H30. The van der Waals surface area contributed by atoms with Crippen LogP contribution in [0.15, 0.2) is 182 Å². The van der Waals surface area contributed by atoms with Crippen LogP contribution in [0.25, 0.3) is 87.6 Å². The van der Waals surface area contributed by atoms with Crippen LogP contribution >= 0.6 is 0 Å². The minimum absolute atomic E-state index is 1.23. The van der Waals surface area contributed by atoms with Crippen molar-refractivity contribution in [3.63, 3.8) is 0 Å². The van der Waals surface area contributed by atoms with Gasteiger partial charge in [-0.2, -0.15) is 0 Å². The Bertz CT molecular complexity index is 2390. The van der Waals surface area contributed by atoms with E-state index in [1.807, 2.05) is 0 Å². The van der Waals surface area contributed by atoms with Crippen molar-refractivity contribution in [2.45, 2.75) is 0 Å². The Morgan fingerprint density at radius 1 is 0.196 bits per heavy atom. The van der Waals surface area contributed by atoms with Crippen molar-refractivity contribution < 1.29 is 0 Å². The molecule has 0 amide bonds. The molecule has 0 unspecified atom stereocenters. The molecule has 0 aliphatic heterocycles. The molecule has 0 saturated heterocycles. The van der Waals surface area contributed by atoms with Crippen molar-refractivity contribution in [2.75, 3.05) is 0 Å². The van der Waals surface area contributed by atoms with Crippen molar-refractivity contribution in [1.82, 2.24) is 0 Å². The molecular weight excluding hydrogens is 553 g/mol. The van der Waals surface area contributed by atoms with E-state index in [0.29, 0.717) is 0 Å². The van der Waals surface area contributed by atoms with Gasteiger partial charge in [0.1, 0.15) is 0 Å². The molecule has 0 fully saturated rings. The second-order valence-electron chi connectivity index (χ2n) is 12.2. The molecule has 0 heterocycles. The molecule has 0 spiro atoms. The lowest BCUT2D eigenvalue weighted by molar-refractivity contribution is 1.60. The summed E-state index contributed by atoms with van der Waals surface area (Å²) < 4.78 is 0. The van der Waals surface area contributed by atoms with Gasteiger partial charge in [0, 0.05) is 0 Å². The van der Waals surface area contributed by atoms with Crippen LogP contribution in [-0.2, 0) is 0 Å². The molecule has 0 nitrogen and oxygen atoms in total. The van der Waals surface area contributed by atoms with Crippen LogP contribution in [0.3, 0.4) is 0 Å². The molecule has 0 aromatic heterocycles. The molecule has 0 N–H and O–H groups in total. The largest absolute Gasteiger partial charge is 0.0616 e. The summed E-state index contributed by atoms with van der Waals surface area (Å²) in [6.07, 6.45) is 0. The number of hydrogen-bond acceptors (Lipinski definition) is 0. The second-order valence-corrected chi connectivity index (χ2v) is 12.2. The van der Waals surface area contributed by atoms with Crippen LogP contribution in [0.4, 0.5) is 0 Å². The van der Waals surface area contributed by atoms with E-state index >= 15 is 0 Å². The zero-order valence-corrected chi connectivity index (χ0v) is 25.3. The number of fused-ring (bicyclic) bond motifs is 4. The van der Waals surface area contributed by atoms with Crippen molar-refractivity contribution in [3.8, 4) is 44.5 Å². The lowest BCUT2D eigenvalue weighted by Gasteiger charge is -2.13. The van der Waals surface area contributed by atoms with E-state index < -0.39 is 0 Å². The summed E-state index contributed by atoms with van der Waals surface area (Å²) in [6, 6.07) is 66.6. The maximum atomic E-state index is 2.33. The second kappa shape index (κ2) is 10.9. The maximum absolute atomic E-state index is 2.33. The van der Waals surface area contributed by atoms with Crippen LogP contribution in [0.1, 0.15) is 0 Å². The lowest BCUT2D eigenvalue weighted by Crippen LogP contribution is -1.87. The average molecular weight is 583 g/mol. The zero-order chi connectivity index (χ0) is 30.5. The Balaban J connectivity index is 1.08. The lowest BCUT2D eigenvalue weighted by atomic mass is 9.91. The van der Waals surface area contributed by atoms with Gasteiger partial charge in [0.25, 0.3) is 0 Å². The van der Waals surface area contributed by atoms with E-state index in [4.69, 9.17) is 0 Å². The minimum atomic E-state index is 1.23. The van der Waals surface area contributed by atoms with Crippen LogP contribution in [0, 0.1) is 0 Å². The van der Waals surface area contributed by atoms with Gasteiger partial charge in [0.05, 0.1) is 0 Å². The monoisotopic (exact) mass is 582 g/mol. The van der Waals surface area contributed by atoms with Crippen LogP contribution in [0.2, 0.25) is 0 Å². The molecule has 0 atom stereocenters. The van der Waals surface area contributed by atoms with E-state index in [-0.39, 0.29) is 0 Å². The molecule has 214 valence electrons. The summed E-state index contributed by atoms with van der Waals surface area (Å²) >= 11 is 0. The standard InChI is InChI=1S/C46H30/c1-3-13-41-31(9-1)11-7-17-45(41)39-25-21-33-27-37(23-19-35(33)29-39)43-15-5-6-16-44(43)38-24-20-36-30-40(26-22-34(36)28-38)46-18-8-12-32-10-2-4-14-42(32)46/h1-30H. The third kappa shape index (κ3) is 4.55. The predicted molar refractivity (Wildman–Crippen MR) is 198 cm³/mol. The zero-order valence-electron chi connectivity index (χ0n) is 25.3. The number of rotatable bonds is 4. The van der Waals surface area contributed by atoms with E-state index in [2.05, 4.69) is 182 Å². The summed E-state index contributed by atoms with van der Waals surface area (Å²) in [5.74, 6) is 0. The van der Waals surface area contributed by atoms with Gasteiger partial charge in [-0.1, -0.05) is 158 Å². The van der Waals surface area contributed by atoms with Crippen molar-refractivity contribution >= 4 is 43.1 Å². The Labute approximate surface area is 268 Å². The Morgan fingerprint density at radius 3 is 0.913 bits per heavy atom. The van der Waals surface area contributed by atoms with Gasteiger partial charge >= 0.3 is 0 Å². The first-order valence-corrected chi connectivity index (χ1v) is 15.9. The van der Waals surface area contributed by atoms with E-state index in [1.54, 1.807) is 0 Å². The van der Waals surface area contributed by atoms with Crippen LogP contribution in [0.5, 0.6) is 0 Å². The van der Waals surface area contributed by atoms with Gasteiger partial charge in [-0.15, -0.1) is 0 Å². The van der Waals surface area contributed by atoms with E-state index in [1.165, 1.54) is 87.6 Å². The maximum Gasteiger partial charge on any atom is -0.0105 e. The van der Waals surface area contributed by atoms with E-state index in [0.717, 1.165) is 0 Å². The smallest absolute Gasteiger partial charge is 0.0105 e. The van der Waals surface area contributed by atoms with Gasteiger partial charge in [-0.05, 0) is 112 Å². The number of benzene rings is 9. The van der Waals surface area contributed by atoms with Crippen molar-refractivity contribution in [3.05, 3.63) is 182 Å². The first-order valence-electron chi connectivity index (χ1n) is 15.9. The normalized spacial score (nSPS) is 11.5. The summed E-state index contributed by atoms with van der Waals surface area (Å²) in [7, 11) is 0. The molecule has 0 radical (unpaired) electrons. The summed E-state index contributed by atoms with van der Waals surface area (Å²) in [4.78, 5) is 0. The SMILES string of the molecule is c1ccc(-c2ccc3cc(-c4cccc5ccccc45)ccc3c2)c(-c2ccc3cc(-c4cccc5ccccc45)ccc3c2)c1. The Kier molecular flexibility index (Phi) is 6.25. The van der Waals surface area contributed by atoms with Gasteiger partial charge in [0.2, 0.25) is 0 Å². The molecule has 0 bridgehead atoms. The topological polar surface area (TPSA) is 0 Å². The van der Waals surface area contributed by atoms with Gasteiger partial charge in [0.15, 0.2) is 0 Å². The molecule has 0 heteroatoms. The quantitative estimate of drug-likeness (QED) is 0.194. The van der Waals surface area contributed by atoms with Crippen molar-refractivity contribution in [2.24, 2.45) is 0 Å². The summed E-state index contributed by atoms with van der Waals surface area (Å²) in [5, 5.41) is 10.1. The van der Waals surface area contributed by atoms with Gasteiger partial charge < -0.3 is 0 Å². The molecule has 9 rings (SSSR count). The molecule has 0 saturated carbocycles. The fourth-order valence-corrected chi connectivity index (χ4v) is 7.10. The highest BCUT2D eigenvalue weighted by atomic mass is 14.2. The Morgan fingerprint density at radius 2 is 0.500 bits per heavy atom. The molecule has 0 aliphatic rings. The predicted octanol–water partition coefficient (Wildman–Crippen LogP) is 13.0. The molecule has 9 aromatic rings. The third-order valence-corrected chi connectivity index (χ3v) is 9.43. The van der Waals surface area contributed by atoms with Crippen molar-refractivity contribution in [1.29, 1.82) is 0 Å². The highest BCUT2D eigenvalue weighted by Gasteiger charge is 2.11. The molecule has 9 aromatic carbocycles. The molecule has 46 heavy (non-hydrogen) atoms. The van der Waals surface area contributed by atoms with Crippen LogP contribution in [-0.4, -0.2) is 0 Å². The van der Waals surface area contributed by atoms with E-state index in [9.17, 15) is 0 Å². The highest BCUT2D eigenvalue weighted by molar-refractivity contribution is 6.02. The highest BCUT2D eigenvalue weighted by Crippen LogP contribution is 2.38. The van der Waals surface area contributed by atoms with Gasteiger partial charge in [-0.25, -0.2) is 0 Å². The summed E-state index contributed by atoms with van der Waals surface area (Å²) in [6.45, 7) is 0.